The third-order valence-electron chi connectivity index (χ3n) is 4.11. The van der Waals surface area contributed by atoms with Crippen LogP contribution in [0.4, 0.5) is 0 Å². The fourth-order valence-electron chi connectivity index (χ4n) is 2.96. The maximum absolute atomic E-state index is 5.74. The van der Waals surface area contributed by atoms with Gasteiger partial charge in [0, 0.05) is 25.1 Å². The number of aromatic nitrogens is 3. The van der Waals surface area contributed by atoms with E-state index in [4.69, 9.17) is 4.74 Å². The van der Waals surface area contributed by atoms with Crippen molar-refractivity contribution in [2.75, 3.05) is 13.2 Å². The first-order chi connectivity index (χ1) is 10.2. The zero-order chi connectivity index (χ0) is 15.1. The van der Waals surface area contributed by atoms with Gasteiger partial charge in [-0.2, -0.15) is 5.10 Å². The predicted molar refractivity (Wildman–Crippen MR) is 84.4 cm³/mol. The monoisotopic (exact) mass is 294 g/mol. The smallest absolute Gasteiger partial charge is 0.138 e. The Hall–Kier alpha value is -0.940. The summed E-state index contributed by atoms with van der Waals surface area (Å²) in [6.07, 6.45) is 9.00. The Labute approximate surface area is 128 Å². The number of hydrogen-bond donors (Lipinski definition) is 1. The summed E-state index contributed by atoms with van der Waals surface area (Å²) in [7, 11) is 0. The summed E-state index contributed by atoms with van der Waals surface area (Å²) in [4.78, 5) is 4.45. The normalized spacial score (nSPS) is 20.3. The SMILES string of the molecule is CCCNC(CCC1CCCO1)Cc1ncnn1C(C)C. The Balaban J connectivity index is 1.89. The van der Waals surface area contributed by atoms with Crippen LogP contribution in [-0.4, -0.2) is 40.1 Å². The molecular weight excluding hydrogens is 264 g/mol. The summed E-state index contributed by atoms with van der Waals surface area (Å²) >= 11 is 0. The van der Waals surface area contributed by atoms with Crippen LogP contribution in [-0.2, 0) is 11.2 Å². The summed E-state index contributed by atoms with van der Waals surface area (Å²) in [6, 6.07) is 0.836. The van der Waals surface area contributed by atoms with Crippen LogP contribution in [0.2, 0.25) is 0 Å². The number of nitrogens with zero attached hydrogens (tertiary/aromatic N) is 3. The molecule has 1 aliphatic rings. The van der Waals surface area contributed by atoms with Crippen molar-refractivity contribution < 1.29 is 4.74 Å². The van der Waals surface area contributed by atoms with E-state index in [-0.39, 0.29) is 0 Å². The topological polar surface area (TPSA) is 52.0 Å². The Morgan fingerprint density at radius 2 is 2.33 bits per heavy atom. The summed E-state index contributed by atoms with van der Waals surface area (Å²) in [5, 5.41) is 8.00. The third kappa shape index (κ3) is 5.08. The molecule has 5 nitrogen and oxygen atoms in total. The second-order valence-electron chi connectivity index (χ2n) is 6.28. The first-order valence-corrected chi connectivity index (χ1v) is 8.44. The Morgan fingerprint density at radius 3 is 3.00 bits per heavy atom. The van der Waals surface area contributed by atoms with Gasteiger partial charge in [-0.3, -0.25) is 0 Å². The van der Waals surface area contributed by atoms with Gasteiger partial charge < -0.3 is 10.1 Å². The molecule has 1 aliphatic heterocycles. The van der Waals surface area contributed by atoms with Crippen molar-refractivity contribution in [1.29, 1.82) is 0 Å². The highest BCUT2D eigenvalue weighted by Crippen LogP contribution is 2.19. The van der Waals surface area contributed by atoms with Crippen molar-refractivity contribution in [3.63, 3.8) is 0 Å². The van der Waals surface area contributed by atoms with E-state index in [9.17, 15) is 0 Å². The Morgan fingerprint density at radius 1 is 1.48 bits per heavy atom. The fraction of sp³-hybridized carbons (Fsp3) is 0.875. The molecule has 2 rings (SSSR count). The summed E-state index contributed by atoms with van der Waals surface area (Å²) in [5.74, 6) is 1.09. The number of nitrogens with one attached hydrogen (secondary N) is 1. The van der Waals surface area contributed by atoms with Gasteiger partial charge in [-0.15, -0.1) is 0 Å². The van der Waals surface area contributed by atoms with E-state index in [0.717, 1.165) is 44.7 Å². The number of hydrogen-bond acceptors (Lipinski definition) is 4. The Bertz CT molecular complexity index is 399. The molecule has 0 saturated carbocycles. The molecule has 21 heavy (non-hydrogen) atoms. The van der Waals surface area contributed by atoms with Crippen molar-refractivity contribution in [2.45, 2.75) is 77.5 Å². The molecule has 0 bridgehead atoms. The molecule has 0 radical (unpaired) electrons. The fourth-order valence-corrected chi connectivity index (χ4v) is 2.96. The van der Waals surface area contributed by atoms with Crippen molar-refractivity contribution in [2.24, 2.45) is 0 Å². The van der Waals surface area contributed by atoms with Gasteiger partial charge in [0.2, 0.25) is 0 Å². The zero-order valence-electron chi connectivity index (χ0n) is 13.7. The standard InChI is InChI=1S/C16H30N4O/c1-4-9-17-14(7-8-15-6-5-10-21-15)11-16-18-12-19-20(16)13(2)3/h12-15,17H,4-11H2,1-3H3. The van der Waals surface area contributed by atoms with Gasteiger partial charge >= 0.3 is 0 Å². The van der Waals surface area contributed by atoms with Gasteiger partial charge in [0.05, 0.1) is 6.10 Å². The van der Waals surface area contributed by atoms with E-state index in [1.165, 1.54) is 12.8 Å². The van der Waals surface area contributed by atoms with E-state index < -0.39 is 0 Å². The molecule has 5 heteroatoms. The summed E-state index contributed by atoms with van der Waals surface area (Å²) < 4.78 is 7.78. The van der Waals surface area contributed by atoms with Gasteiger partial charge in [-0.25, -0.2) is 9.67 Å². The van der Waals surface area contributed by atoms with Crippen molar-refractivity contribution in [1.82, 2.24) is 20.1 Å². The lowest BCUT2D eigenvalue weighted by Gasteiger charge is -2.21. The lowest BCUT2D eigenvalue weighted by Crippen LogP contribution is -2.34. The molecule has 1 aromatic rings. The van der Waals surface area contributed by atoms with Gasteiger partial charge in [-0.1, -0.05) is 6.92 Å². The van der Waals surface area contributed by atoms with E-state index in [1.807, 2.05) is 4.68 Å². The number of ether oxygens (including phenoxy) is 1. The van der Waals surface area contributed by atoms with Crippen LogP contribution < -0.4 is 5.32 Å². The molecular formula is C16H30N4O. The van der Waals surface area contributed by atoms with Gasteiger partial charge in [0.1, 0.15) is 12.2 Å². The summed E-state index contributed by atoms with van der Waals surface area (Å²) in [6.45, 7) is 8.52. The highest BCUT2D eigenvalue weighted by atomic mass is 16.5. The molecule has 0 spiro atoms. The molecule has 1 aromatic heterocycles. The van der Waals surface area contributed by atoms with Crippen LogP contribution in [0.1, 0.15) is 64.7 Å². The van der Waals surface area contributed by atoms with Crippen molar-refractivity contribution in [3.8, 4) is 0 Å². The third-order valence-corrected chi connectivity index (χ3v) is 4.11. The average molecular weight is 294 g/mol. The average Bonchev–Trinajstić information content (AvgIpc) is 3.12. The van der Waals surface area contributed by atoms with E-state index >= 15 is 0 Å². The predicted octanol–water partition coefficient (Wildman–Crippen LogP) is 2.73. The number of rotatable bonds is 9. The molecule has 2 unspecified atom stereocenters. The molecule has 1 fully saturated rings. The van der Waals surface area contributed by atoms with Gasteiger partial charge in [0.15, 0.2) is 0 Å². The first-order valence-electron chi connectivity index (χ1n) is 8.44. The summed E-state index contributed by atoms with van der Waals surface area (Å²) in [5.41, 5.74) is 0. The Kier molecular flexibility index (Phi) is 6.64. The minimum Gasteiger partial charge on any atom is -0.378 e. The second kappa shape index (κ2) is 8.49. The van der Waals surface area contributed by atoms with Crippen LogP contribution in [0.5, 0.6) is 0 Å². The van der Waals surface area contributed by atoms with Gasteiger partial charge in [-0.05, 0) is 52.5 Å². The minimum absolute atomic E-state index is 0.368. The molecule has 2 heterocycles. The molecule has 2 atom stereocenters. The van der Waals surface area contributed by atoms with Crippen LogP contribution >= 0.6 is 0 Å². The molecule has 1 N–H and O–H groups in total. The van der Waals surface area contributed by atoms with Crippen molar-refractivity contribution >= 4 is 0 Å². The maximum Gasteiger partial charge on any atom is 0.138 e. The van der Waals surface area contributed by atoms with E-state index in [0.29, 0.717) is 18.2 Å². The molecule has 0 amide bonds. The lowest BCUT2D eigenvalue weighted by atomic mass is 10.0. The van der Waals surface area contributed by atoms with E-state index in [2.05, 4.69) is 36.2 Å². The zero-order valence-corrected chi connectivity index (χ0v) is 13.7. The highest BCUT2D eigenvalue weighted by Gasteiger charge is 2.19. The second-order valence-corrected chi connectivity index (χ2v) is 6.28. The van der Waals surface area contributed by atoms with Crippen molar-refractivity contribution in [3.05, 3.63) is 12.2 Å². The van der Waals surface area contributed by atoms with Crippen LogP contribution in [0.25, 0.3) is 0 Å². The van der Waals surface area contributed by atoms with Crippen LogP contribution in [0.15, 0.2) is 6.33 Å². The molecule has 120 valence electrons. The minimum atomic E-state index is 0.368. The largest absolute Gasteiger partial charge is 0.378 e. The van der Waals surface area contributed by atoms with Gasteiger partial charge in [0.25, 0.3) is 0 Å². The molecule has 0 aliphatic carbocycles. The molecule has 1 saturated heterocycles. The highest BCUT2D eigenvalue weighted by molar-refractivity contribution is 4.91. The lowest BCUT2D eigenvalue weighted by molar-refractivity contribution is 0.0994. The maximum atomic E-state index is 5.74. The first kappa shape index (κ1) is 16.4. The quantitative estimate of drug-likeness (QED) is 0.761. The van der Waals surface area contributed by atoms with Crippen LogP contribution in [0.3, 0.4) is 0 Å². The molecule has 0 aromatic carbocycles. The van der Waals surface area contributed by atoms with Crippen LogP contribution in [0, 0.1) is 0 Å². The van der Waals surface area contributed by atoms with E-state index in [1.54, 1.807) is 6.33 Å².